The van der Waals surface area contributed by atoms with Crippen molar-refractivity contribution in [1.29, 1.82) is 0 Å². The van der Waals surface area contributed by atoms with Crippen molar-refractivity contribution in [1.82, 2.24) is 9.97 Å². The first-order chi connectivity index (χ1) is 9.22. The maximum atomic E-state index is 6.11. The summed E-state index contributed by atoms with van der Waals surface area (Å²) in [7, 11) is 0. The van der Waals surface area contributed by atoms with Crippen molar-refractivity contribution in [2.45, 2.75) is 13.5 Å². The van der Waals surface area contributed by atoms with Crippen LogP contribution in [0.4, 0.5) is 11.6 Å². The minimum Gasteiger partial charge on any atom is -0.369 e. The first kappa shape index (κ1) is 14.1. The molecule has 0 bridgehead atoms. The molecule has 2 rings (SSSR count). The van der Waals surface area contributed by atoms with Gasteiger partial charge in [0.15, 0.2) is 0 Å². The molecular formula is C13H14BrClN4. The van der Waals surface area contributed by atoms with Crippen LogP contribution in [0.15, 0.2) is 35.1 Å². The van der Waals surface area contributed by atoms with Crippen molar-refractivity contribution >= 4 is 39.2 Å². The van der Waals surface area contributed by atoms with Gasteiger partial charge in [0.25, 0.3) is 0 Å². The quantitative estimate of drug-likeness (QED) is 0.865. The molecule has 0 fully saturated rings. The normalized spacial score (nSPS) is 10.3. The summed E-state index contributed by atoms with van der Waals surface area (Å²) in [4.78, 5) is 8.38. The van der Waals surface area contributed by atoms with Gasteiger partial charge in [-0.1, -0.05) is 29.8 Å². The van der Waals surface area contributed by atoms with E-state index in [0.717, 1.165) is 33.2 Å². The smallest absolute Gasteiger partial charge is 0.146 e. The fourth-order valence-electron chi connectivity index (χ4n) is 1.60. The first-order valence-electron chi connectivity index (χ1n) is 5.94. The Morgan fingerprint density at radius 3 is 2.53 bits per heavy atom. The zero-order chi connectivity index (χ0) is 13.7. The first-order valence-corrected chi connectivity index (χ1v) is 7.11. The summed E-state index contributed by atoms with van der Waals surface area (Å²) < 4.78 is 0.823. The molecule has 4 nitrogen and oxygen atoms in total. The Bertz CT molecular complexity index is 562. The molecule has 0 aliphatic heterocycles. The fourth-order valence-corrected chi connectivity index (χ4v) is 2.29. The highest BCUT2D eigenvalue weighted by molar-refractivity contribution is 9.10. The third kappa shape index (κ3) is 3.58. The minimum atomic E-state index is 0.612. The molecule has 0 atom stereocenters. The summed E-state index contributed by atoms with van der Waals surface area (Å²) in [6, 6.07) is 7.73. The van der Waals surface area contributed by atoms with Gasteiger partial charge in [0.1, 0.15) is 22.4 Å². The monoisotopic (exact) mass is 340 g/mol. The molecule has 1 aromatic heterocycles. The van der Waals surface area contributed by atoms with Gasteiger partial charge in [0.2, 0.25) is 0 Å². The van der Waals surface area contributed by atoms with Gasteiger partial charge in [0.05, 0.1) is 0 Å². The Kier molecular flexibility index (Phi) is 4.99. The van der Waals surface area contributed by atoms with E-state index >= 15 is 0 Å². The lowest BCUT2D eigenvalue weighted by Gasteiger charge is -2.11. The van der Waals surface area contributed by atoms with Gasteiger partial charge in [-0.15, -0.1) is 0 Å². The van der Waals surface area contributed by atoms with E-state index in [1.165, 1.54) is 6.33 Å². The molecule has 2 N–H and O–H groups in total. The standard InChI is InChI=1S/C13H14BrClN4/c1-2-16-12-11(14)13(19-8-18-12)17-7-9-5-3-4-6-10(9)15/h3-6,8H,2,7H2,1H3,(H2,16,17,18,19). The maximum Gasteiger partial charge on any atom is 0.146 e. The molecule has 0 saturated carbocycles. The van der Waals surface area contributed by atoms with Crippen LogP contribution in [-0.2, 0) is 6.54 Å². The Labute approximate surface area is 125 Å². The van der Waals surface area contributed by atoms with E-state index < -0.39 is 0 Å². The second-order valence-corrected chi connectivity index (χ2v) is 5.06. The summed E-state index contributed by atoms with van der Waals surface area (Å²) >= 11 is 9.61. The van der Waals surface area contributed by atoms with Crippen molar-refractivity contribution in [3.05, 3.63) is 45.7 Å². The molecule has 0 spiro atoms. The predicted octanol–water partition coefficient (Wildman–Crippen LogP) is 3.94. The third-order valence-corrected chi connectivity index (χ3v) is 3.66. The van der Waals surface area contributed by atoms with Crippen molar-refractivity contribution in [2.24, 2.45) is 0 Å². The van der Waals surface area contributed by atoms with Crippen molar-refractivity contribution in [2.75, 3.05) is 17.2 Å². The number of rotatable bonds is 5. The molecule has 0 aliphatic rings. The molecule has 0 unspecified atom stereocenters. The number of aromatic nitrogens is 2. The van der Waals surface area contributed by atoms with Crippen LogP contribution in [-0.4, -0.2) is 16.5 Å². The second kappa shape index (κ2) is 6.73. The minimum absolute atomic E-state index is 0.612. The van der Waals surface area contributed by atoms with E-state index in [1.807, 2.05) is 31.2 Å². The third-order valence-electron chi connectivity index (χ3n) is 2.54. The van der Waals surface area contributed by atoms with Crippen LogP contribution in [0.5, 0.6) is 0 Å². The Morgan fingerprint density at radius 1 is 1.16 bits per heavy atom. The van der Waals surface area contributed by atoms with E-state index in [2.05, 4.69) is 36.5 Å². The highest BCUT2D eigenvalue weighted by atomic mass is 79.9. The van der Waals surface area contributed by atoms with Crippen LogP contribution < -0.4 is 10.6 Å². The SMILES string of the molecule is CCNc1ncnc(NCc2ccccc2Cl)c1Br. The molecule has 19 heavy (non-hydrogen) atoms. The molecule has 100 valence electrons. The van der Waals surface area contributed by atoms with Crippen LogP contribution in [0.2, 0.25) is 5.02 Å². The van der Waals surface area contributed by atoms with E-state index in [0.29, 0.717) is 6.54 Å². The lowest BCUT2D eigenvalue weighted by atomic mass is 10.2. The zero-order valence-corrected chi connectivity index (χ0v) is 12.8. The summed E-state index contributed by atoms with van der Waals surface area (Å²) in [6.07, 6.45) is 1.53. The Morgan fingerprint density at radius 2 is 1.84 bits per heavy atom. The Hall–Kier alpha value is -1.33. The summed E-state index contributed by atoms with van der Waals surface area (Å²) in [5, 5.41) is 7.15. The van der Waals surface area contributed by atoms with Gasteiger partial charge in [-0.2, -0.15) is 0 Å². The molecule has 0 saturated heterocycles. The molecule has 0 radical (unpaired) electrons. The van der Waals surface area contributed by atoms with E-state index in [-0.39, 0.29) is 0 Å². The maximum absolute atomic E-state index is 6.11. The number of nitrogens with zero attached hydrogens (tertiary/aromatic N) is 2. The summed E-state index contributed by atoms with van der Waals surface area (Å²) in [5.41, 5.74) is 1.03. The largest absolute Gasteiger partial charge is 0.369 e. The van der Waals surface area contributed by atoms with Crippen LogP contribution >= 0.6 is 27.5 Å². The number of benzene rings is 1. The van der Waals surface area contributed by atoms with Crippen LogP contribution in [0, 0.1) is 0 Å². The number of hydrogen-bond donors (Lipinski definition) is 2. The van der Waals surface area contributed by atoms with Gasteiger partial charge in [-0.05, 0) is 34.5 Å². The van der Waals surface area contributed by atoms with E-state index in [9.17, 15) is 0 Å². The van der Waals surface area contributed by atoms with Crippen molar-refractivity contribution in [3.63, 3.8) is 0 Å². The fraction of sp³-hybridized carbons (Fsp3) is 0.231. The number of hydrogen-bond acceptors (Lipinski definition) is 4. The van der Waals surface area contributed by atoms with Gasteiger partial charge in [-0.3, -0.25) is 0 Å². The topological polar surface area (TPSA) is 49.8 Å². The molecule has 1 aromatic carbocycles. The highest BCUT2D eigenvalue weighted by Gasteiger charge is 2.08. The van der Waals surface area contributed by atoms with Crippen LogP contribution in [0.1, 0.15) is 12.5 Å². The molecule has 2 aromatic rings. The van der Waals surface area contributed by atoms with Gasteiger partial charge < -0.3 is 10.6 Å². The predicted molar refractivity (Wildman–Crippen MR) is 82.7 cm³/mol. The Balaban J connectivity index is 2.12. The van der Waals surface area contributed by atoms with Crippen LogP contribution in [0.3, 0.4) is 0 Å². The summed E-state index contributed by atoms with van der Waals surface area (Å²) in [5.74, 6) is 1.52. The lowest BCUT2D eigenvalue weighted by molar-refractivity contribution is 1.06. The second-order valence-electron chi connectivity index (χ2n) is 3.86. The number of halogens is 2. The van der Waals surface area contributed by atoms with E-state index in [1.54, 1.807) is 0 Å². The van der Waals surface area contributed by atoms with Crippen molar-refractivity contribution < 1.29 is 0 Å². The zero-order valence-electron chi connectivity index (χ0n) is 10.5. The van der Waals surface area contributed by atoms with Gasteiger partial charge in [0, 0.05) is 18.1 Å². The molecular weight excluding hydrogens is 328 g/mol. The van der Waals surface area contributed by atoms with Crippen LogP contribution in [0.25, 0.3) is 0 Å². The molecule has 1 heterocycles. The van der Waals surface area contributed by atoms with Gasteiger partial charge in [-0.25, -0.2) is 9.97 Å². The highest BCUT2D eigenvalue weighted by Crippen LogP contribution is 2.27. The average Bonchev–Trinajstić information content (AvgIpc) is 2.42. The molecule has 0 aliphatic carbocycles. The molecule has 0 amide bonds. The molecule has 6 heteroatoms. The summed E-state index contributed by atoms with van der Waals surface area (Å²) in [6.45, 7) is 3.44. The lowest BCUT2D eigenvalue weighted by Crippen LogP contribution is -2.06. The average molecular weight is 342 g/mol. The van der Waals surface area contributed by atoms with Gasteiger partial charge >= 0.3 is 0 Å². The number of nitrogens with one attached hydrogen (secondary N) is 2. The number of anilines is 2. The van der Waals surface area contributed by atoms with E-state index in [4.69, 9.17) is 11.6 Å². The van der Waals surface area contributed by atoms with Crippen molar-refractivity contribution in [3.8, 4) is 0 Å².